The topological polar surface area (TPSA) is 40.5 Å². The zero-order chi connectivity index (χ0) is 21.9. The molecule has 0 aromatic heterocycles. The third-order valence-corrected chi connectivity index (χ3v) is 11.6. The van der Waals surface area contributed by atoms with Gasteiger partial charge in [0.2, 0.25) is 0 Å². The number of hydrogen-bond donors (Lipinski definition) is 2. The molecule has 0 radical (unpaired) electrons. The first kappa shape index (κ1) is 23.1. The Balaban J connectivity index is 1.43. The van der Waals surface area contributed by atoms with Crippen LogP contribution in [-0.2, 0) is 0 Å². The van der Waals surface area contributed by atoms with E-state index in [1.165, 1.54) is 57.8 Å². The van der Waals surface area contributed by atoms with Gasteiger partial charge in [0.05, 0.1) is 11.2 Å². The summed E-state index contributed by atoms with van der Waals surface area (Å²) in [6.07, 6.45) is 15.2. The van der Waals surface area contributed by atoms with Gasteiger partial charge in [-0.2, -0.15) is 0 Å². The van der Waals surface area contributed by atoms with Crippen LogP contribution in [0.25, 0.3) is 0 Å². The normalized spacial score (nSPS) is 50.5. The van der Waals surface area contributed by atoms with Crippen molar-refractivity contribution in [3.63, 3.8) is 0 Å². The average molecular weight is 419 g/mol. The molecule has 0 saturated heterocycles. The van der Waals surface area contributed by atoms with Crippen molar-refractivity contribution in [3.8, 4) is 0 Å². The molecule has 0 heterocycles. The molecule has 0 unspecified atom stereocenters. The van der Waals surface area contributed by atoms with E-state index in [0.717, 1.165) is 48.9 Å². The minimum atomic E-state index is -0.508. The molecule has 4 saturated carbocycles. The van der Waals surface area contributed by atoms with Crippen LogP contribution in [0.2, 0.25) is 0 Å². The van der Waals surface area contributed by atoms with E-state index in [4.69, 9.17) is 0 Å². The van der Waals surface area contributed by atoms with Crippen LogP contribution in [0.4, 0.5) is 0 Å². The van der Waals surface area contributed by atoms with Gasteiger partial charge < -0.3 is 10.2 Å². The molecule has 4 aliphatic rings. The quantitative estimate of drug-likeness (QED) is 0.506. The van der Waals surface area contributed by atoms with E-state index in [9.17, 15) is 10.2 Å². The summed E-state index contributed by atoms with van der Waals surface area (Å²) in [4.78, 5) is 0. The van der Waals surface area contributed by atoms with Gasteiger partial charge in [0.25, 0.3) is 0 Å². The van der Waals surface area contributed by atoms with E-state index < -0.39 is 11.2 Å². The maximum absolute atomic E-state index is 10.7. The average Bonchev–Trinajstić information content (AvgIpc) is 2.98. The fraction of sp³-hybridized carbons (Fsp3) is 1.00. The summed E-state index contributed by atoms with van der Waals surface area (Å²) in [5, 5.41) is 21.4. The van der Waals surface area contributed by atoms with Gasteiger partial charge in [0.1, 0.15) is 0 Å². The van der Waals surface area contributed by atoms with E-state index in [2.05, 4.69) is 34.6 Å². The Bertz CT molecular complexity index is 622. The summed E-state index contributed by atoms with van der Waals surface area (Å²) >= 11 is 0. The van der Waals surface area contributed by atoms with Gasteiger partial charge in [-0.15, -0.1) is 0 Å². The Hall–Kier alpha value is -0.0800. The molecular weight excluding hydrogens is 368 g/mol. The van der Waals surface area contributed by atoms with Crippen LogP contribution in [0, 0.1) is 46.3 Å². The van der Waals surface area contributed by atoms with Crippen LogP contribution >= 0.6 is 0 Å². The molecule has 0 amide bonds. The smallest absolute Gasteiger partial charge is 0.0642 e. The summed E-state index contributed by atoms with van der Waals surface area (Å²) in [6, 6.07) is 0. The van der Waals surface area contributed by atoms with Gasteiger partial charge in [-0.3, -0.25) is 0 Å². The zero-order valence-electron chi connectivity index (χ0n) is 20.8. The standard InChI is InChI=1S/C28H50O2/c1-19(2)28(6,30)14-7-8-20-10-12-23-22-11-9-21-18-25(3,29)16-17-27(21,5)24(22)13-15-26(20,23)4/h19-24,29-30H,7-18H2,1-6H3/t20-,21-,22-,23-,24-,25-,26+,27-,28-/m0/s1. The van der Waals surface area contributed by atoms with Crippen molar-refractivity contribution in [1.82, 2.24) is 0 Å². The molecule has 2 N–H and O–H groups in total. The fourth-order valence-electron chi connectivity index (χ4n) is 9.01. The summed E-state index contributed by atoms with van der Waals surface area (Å²) in [6.45, 7) is 13.7. The minimum Gasteiger partial charge on any atom is -0.390 e. The third kappa shape index (κ3) is 3.81. The number of hydrogen-bond acceptors (Lipinski definition) is 2. The summed E-state index contributed by atoms with van der Waals surface area (Å²) < 4.78 is 0. The number of fused-ring (bicyclic) bond motifs is 5. The first-order valence-corrected chi connectivity index (χ1v) is 13.3. The molecule has 0 aliphatic heterocycles. The van der Waals surface area contributed by atoms with Gasteiger partial charge in [0.15, 0.2) is 0 Å². The molecule has 2 heteroatoms. The largest absolute Gasteiger partial charge is 0.390 e. The molecule has 9 atom stereocenters. The second kappa shape index (κ2) is 7.75. The lowest BCUT2D eigenvalue weighted by molar-refractivity contribution is -0.146. The molecule has 0 spiro atoms. The van der Waals surface area contributed by atoms with Crippen molar-refractivity contribution < 1.29 is 10.2 Å². The lowest BCUT2D eigenvalue weighted by atomic mass is 9.44. The zero-order valence-corrected chi connectivity index (χ0v) is 20.8. The monoisotopic (exact) mass is 418 g/mol. The maximum atomic E-state index is 10.7. The first-order valence-electron chi connectivity index (χ1n) is 13.3. The summed E-state index contributed by atoms with van der Waals surface area (Å²) in [5.74, 6) is 4.69. The van der Waals surface area contributed by atoms with Crippen molar-refractivity contribution in [2.75, 3.05) is 0 Å². The van der Waals surface area contributed by atoms with Crippen LogP contribution in [0.1, 0.15) is 119 Å². The molecular formula is C28H50O2. The van der Waals surface area contributed by atoms with Crippen LogP contribution in [0.3, 0.4) is 0 Å². The summed E-state index contributed by atoms with van der Waals surface area (Å²) in [5.41, 5.74) is 0.0797. The van der Waals surface area contributed by atoms with Gasteiger partial charge in [-0.25, -0.2) is 0 Å². The van der Waals surface area contributed by atoms with Crippen molar-refractivity contribution >= 4 is 0 Å². The molecule has 174 valence electrons. The lowest BCUT2D eigenvalue weighted by Crippen LogP contribution is -2.55. The third-order valence-electron chi connectivity index (χ3n) is 11.6. The highest BCUT2D eigenvalue weighted by Gasteiger charge is 2.60. The van der Waals surface area contributed by atoms with Gasteiger partial charge >= 0.3 is 0 Å². The molecule has 0 aromatic carbocycles. The van der Waals surface area contributed by atoms with Crippen LogP contribution in [0.15, 0.2) is 0 Å². The van der Waals surface area contributed by atoms with Crippen LogP contribution in [0.5, 0.6) is 0 Å². The molecule has 0 bridgehead atoms. The van der Waals surface area contributed by atoms with E-state index >= 15 is 0 Å². The first-order chi connectivity index (χ1) is 13.9. The minimum absolute atomic E-state index is 0.340. The molecule has 30 heavy (non-hydrogen) atoms. The van der Waals surface area contributed by atoms with Crippen molar-refractivity contribution in [2.24, 2.45) is 46.3 Å². The Labute approximate surface area is 186 Å². The van der Waals surface area contributed by atoms with E-state index in [-0.39, 0.29) is 0 Å². The van der Waals surface area contributed by atoms with Gasteiger partial charge in [-0.1, -0.05) is 34.1 Å². The predicted octanol–water partition coefficient (Wildman–Crippen LogP) is 6.97. The number of rotatable bonds is 5. The SMILES string of the molecule is CC(C)[C@@](C)(O)CCC[C@H]1CC[C@H]2[C@@H]3CC[C@H]4C[C@@](C)(O)CC[C@]4(C)[C@H]3CC[C@]12C. The Kier molecular flexibility index (Phi) is 5.97. The van der Waals surface area contributed by atoms with Crippen molar-refractivity contribution in [3.05, 3.63) is 0 Å². The highest BCUT2D eigenvalue weighted by atomic mass is 16.3. The Morgan fingerprint density at radius 3 is 2.30 bits per heavy atom. The van der Waals surface area contributed by atoms with Crippen molar-refractivity contribution in [2.45, 2.75) is 130 Å². The molecule has 4 rings (SSSR count). The Morgan fingerprint density at radius 2 is 1.60 bits per heavy atom. The van der Waals surface area contributed by atoms with Gasteiger partial charge in [-0.05, 0) is 131 Å². The second-order valence-corrected chi connectivity index (χ2v) is 13.6. The van der Waals surface area contributed by atoms with Crippen molar-refractivity contribution in [1.29, 1.82) is 0 Å². The fourth-order valence-corrected chi connectivity index (χ4v) is 9.01. The number of aliphatic hydroxyl groups is 2. The van der Waals surface area contributed by atoms with Crippen LogP contribution in [-0.4, -0.2) is 21.4 Å². The highest BCUT2D eigenvalue weighted by Crippen LogP contribution is 2.68. The molecule has 4 aliphatic carbocycles. The molecule has 2 nitrogen and oxygen atoms in total. The predicted molar refractivity (Wildman–Crippen MR) is 125 cm³/mol. The maximum Gasteiger partial charge on any atom is 0.0642 e. The lowest BCUT2D eigenvalue weighted by Gasteiger charge is -2.62. The second-order valence-electron chi connectivity index (χ2n) is 13.6. The highest BCUT2D eigenvalue weighted by molar-refractivity contribution is 5.10. The van der Waals surface area contributed by atoms with E-state index in [0.29, 0.717) is 16.7 Å². The van der Waals surface area contributed by atoms with Crippen LogP contribution < -0.4 is 0 Å². The molecule has 4 fully saturated rings. The summed E-state index contributed by atoms with van der Waals surface area (Å²) in [7, 11) is 0. The van der Waals surface area contributed by atoms with Gasteiger partial charge in [0, 0.05) is 0 Å². The Morgan fingerprint density at radius 1 is 0.900 bits per heavy atom. The van der Waals surface area contributed by atoms with E-state index in [1.54, 1.807) is 0 Å². The molecule has 0 aromatic rings. The van der Waals surface area contributed by atoms with E-state index in [1.807, 2.05) is 6.92 Å².